The Hall–Kier alpha value is -1.78. The van der Waals surface area contributed by atoms with Crippen LogP contribution in [0.3, 0.4) is 0 Å². The van der Waals surface area contributed by atoms with Gasteiger partial charge in [0.25, 0.3) is 5.89 Å². The van der Waals surface area contributed by atoms with Crippen molar-refractivity contribution in [1.82, 2.24) is 15.1 Å². The van der Waals surface area contributed by atoms with Crippen LogP contribution in [0, 0.1) is 5.82 Å². The summed E-state index contributed by atoms with van der Waals surface area (Å²) in [6.07, 6.45) is 2.36. The topological polar surface area (TPSA) is 51.8 Å². The molecular weight excluding hydrogens is 161 g/mol. The van der Waals surface area contributed by atoms with E-state index in [0.717, 1.165) is 6.20 Å². The first-order valence-corrected chi connectivity index (χ1v) is 3.25. The zero-order chi connectivity index (χ0) is 8.39. The molecule has 2 aromatic heterocycles. The molecule has 0 unspecified atom stereocenters. The molecule has 2 heterocycles. The summed E-state index contributed by atoms with van der Waals surface area (Å²) in [6.45, 7) is 0. The van der Waals surface area contributed by atoms with Crippen molar-refractivity contribution in [3.05, 3.63) is 30.5 Å². The molecule has 60 valence electrons. The van der Waals surface area contributed by atoms with Crippen LogP contribution in [-0.2, 0) is 0 Å². The number of rotatable bonds is 1. The fourth-order valence-corrected chi connectivity index (χ4v) is 0.788. The first kappa shape index (κ1) is 6.90. The van der Waals surface area contributed by atoms with Crippen molar-refractivity contribution in [2.45, 2.75) is 0 Å². The third-order valence-corrected chi connectivity index (χ3v) is 1.31. The molecule has 0 aliphatic carbocycles. The van der Waals surface area contributed by atoms with Crippen LogP contribution in [0.25, 0.3) is 11.6 Å². The van der Waals surface area contributed by atoms with E-state index in [1.807, 2.05) is 0 Å². The van der Waals surface area contributed by atoms with Gasteiger partial charge in [-0.2, -0.15) is 4.98 Å². The van der Waals surface area contributed by atoms with Gasteiger partial charge in [0.2, 0.25) is 0 Å². The second-order valence-corrected chi connectivity index (χ2v) is 2.11. The van der Waals surface area contributed by atoms with Crippen LogP contribution in [0.2, 0.25) is 0 Å². The van der Waals surface area contributed by atoms with Gasteiger partial charge in [-0.1, -0.05) is 5.16 Å². The van der Waals surface area contributed by atoms with Crippen LogP contribution in [0.4, 0.5) is 4.39 Å². The molecule has 2 rings (SSSR count). The van der Waals surface area contributed by atoms with E-state index in [-0.39, 0.29) is 5.89 Å². The summed E-state index contributed by atoms with van der Waals surface area (Å²) < 4.78 is 17.1. The zero-order valence-electron chi connectivity index (χ0n) is 5.94. The van der Waals surface area contributed by atoms with Crippen molar-refractivity contribution in [1.29, 1.82) is 0 Å². The number of aromatic nitrogens is 3. The summed E-state index contributed by atoms with van der Waals surface area (Å²) in [5, 5.41) is 3.40. The highest BCUT2D eigenvalue weighted by Gasteiger charge is 2.03. The highest BCUT2D eigenvalue weighted by atomic mass is 19.1. The molecule has 0 saturated carbocycles. The van der Waals surface area contributed by atoms with Gasteiger partial charge in [0, 0.05) is 0 Å². The molecule has 5 heteroatoms. The largest absolute Gasteiger partial charge is 0.333 e. The Bertz CT molecular complexity index is 357. The molecule has 0 saturated heterocycles. The molecule has 4 nitrogen and oxygen atoms in total. The van der Waals surface area contributed by atoms with Crippen LogP contribution >= 0.6 is 0 Å². The summed E-state index contributed by atoms with van der Waals surface area (Å²) in [5.74, 6) is -0.103. The Morgan fingerprint density at radius 2 is 2.17 bits per heavy atom. The van der Waals surface area contributed by atoms with Gasteiger partial charge in [0.1, 0.15) is 11.5 Å². The third kappa shape index (κ3) is 1.16. The Kier molecular flexibility index (Phi) is 1.55. The van der Waals surface area contributed by atoms with E-state index >= 15 is 0 Å². The Morgan fingerprint density at radius 1 is 1.25 bits per heavy atom. The van der Waals surface area contributed by atoms with Crippen LogP contribution in [0.5, 0.6) is 0 Å². The van der Waals surface area contributed by atoms with E-state index in [2.05, 4.69) is 15.1 Å². The fourth-order valence-electron chi connectivity index (χ4n) is 0.788. The number of hydrogen-bond acceptors (Lipinski definition) is 4. The van der Waals surface area contributed by atoms with E-state index in [0.29, 0.717) is 5.69 Å². The minimum Gasteiger partial charge on any atom is -0.333 e. The van der Waals surface area contributed by atoms with Crippen molar-refractivity contribution in [3.63, 3.8) is 0 Å². The molecule has 0 radical (unpaired) electrons. The number of nitrogens with zero attached hydrogens (tertiary/aromatic N) is 3. The third-order valence-electron chi connectivity index (χ3n) is 1.31. The quantitative estimate of drug-likeness (QED) is 0.638. The SMILES string of the molecule is Fc1ccc(-c2ncno2)nc1. The molecule has 0 spiro atoms. The summed E-state index contributed by atoms with van der Waals surface area (Å²) in [7, 11) is 0. The van der Waals surface area contributed by atoms with E-state index in [4.69, 9.17) is 4.52 Å². The summed E-state index contributed by atoms with van der Waals surface area (Å²) in [4.78, 5) is 7.50. The molecule has 0 fully saturated rings. The average molecular weight is 165 g/mol. The van der Waals surface area contributed by atoms with Gasteiger partial charge in [-0.05, 0) is 12.1 Å². The molecule has 0 N–H and O–H groups in total. The predicted molar refractivity (Wildman–Crippen MR) is 37.5 cm³/mol. The molecule has 0 atom stereocenters. The highest BCUT2D eigenvalue weighted by Crippen LogP contribution is 2.11. The molecule has 0 aliphatic heterocycles. The molecule has 0 amide bonds. The van der Waals surface area contributed by atoms with E-state index < -0.39 is 5.82 Å². The number of pyridine rings is 1. The smallest absolute Gasteiger partial charge is 0.276 e. The van der Waals surface area contributed by atoms with Crippen LogP contribution in [0.1, 0.15) is 0 Å². The van der Waals surface area contributed by atoms with Crippen molar-refractivity contribution in [3.8, 4) is 11.6 Å². The van der Waals surface area contributed by atoms with E-state index in [9.17, 15) is 4.39 Å². The summed E-state index contributed by atoms with van der Waals surface area (Å²) in [6, 6.07) is 2.76. The second-order valence-electron chi connectivity index (χ2n) is 2.11. The molecule has 2 aromatic rings. The second kappa shape index (κ2) is 2.69. The lowest BCUT2D eigenvalue weighted by molar-refractivity contribution is 0.428. The lowest BCUT2D eigenvalue weighted by atomic mass is 10.3. The molecule has 0 aromatic carbocycles. The maximum Gasteiger partial charge on any atom is 0.276 e. The first-order chi connectivity index (χ1) is 5.86. The number of hydrogen-bond donors (Lipinski definition) is 0. The minimum absolute atomic E-state index is 0.287. The summed E-state index contributed by atoms with van der Waals surface area (Å²) >= 11 is 0. The predicted octanol–water partition coefficient (Wildman–Crippen LogP) is 1.27. The van der Waals surface area contributed by atoms with Crippen LogP contribution in [0.15, 0.2) is 29.2 Å². The van der Waals surface area contributed by atoms with E-state index in [1.165, 1.54) is 18.5 Å². The van der Waals surface area contributed by atoms with Crippen molar-refractivity contribution >= 4 is 0 Å². The molecule has 0 aliphatic rings. The van der Waals surface area contributed by atoms with Gasteiger partial charge >= 0.3 is 0 Å². The Labute approximate surface area is 67.1 Å². The van der Waals surface area contributed by atoms with Gasteiger partial charge in [-0.25, -0.2) is 9.37 Å². The lowest BCUT2D eigenvalue weighted by Crippen LogP contribution is -1.83. The normalized spacial score (nSPS) is 10.1. The van der Waals surface area contributed by atoms with E-state index in [1.54, 1.807) is 0 Å². The zero-order valence-corrected chi connectivity index (χ0v) is 5.94. The maximum absolute atomic E-state index is 12.4. The first-order valence-electron chi connectivity index (χ1n) is 3.25. The van der Waals surface area contributed by atoms with Gasteiger partial charge in [0.15, 0.2) is 6.33 Å². The van der Waals surface area contributed by atoms with Crippen molar-refractivity contribution < 1.29 is 8.91 Å². The number of halogens is 1. The molecule has 0 bridgehead atoms. The lowest BCUT2D eigenvalue weighted by Gasteiger charge is -1.90. The Morgan fingerprint density at radius 3 is 2.75 bits per heavy atom. The average Bonchev–Trinajstić information content (AvgIpc) is 2.58. The van der Waals surface area contributed by atoms with Crippen LogP contribution in [-0.4, -0.2) is 15.1 Å². The monoisotopic (exact) mass is 165 g/mol. The maximum atomic E-state index is 12.4. The van der Waals surface area contributed by atoms with Gasteiger partial charge in [-0.15, -0.1) is 0 Å². The van der Waals surface area contributed by atoms with Gasteiger partial charge < -0.3 is 4.52 Å². The van der Waals surface area contributed by atoms with Gasteiger partial charge in [-0.3, -0.25) is 0 Å². The Balaban J connectivity index is 2.43. The van der Waals surface area contributed by atoms with Gasteiger partial charge in [0.05, 0.1) is 6.20 Å². The highest BCUT2D eigenvalue weighted by molar-refractivity contribution is 5.44. The standard InChI is InChI=1S/C7H4FN3O/c8-5-1-2-6(9-3-5)7-10-4-11-12-7/h1-4H. The molecule has 12 heavy (non-hydrogen) atoms. The van der Waals surface area contributed by atoms with Crippen LogP contribution < -0.4 is 0 Å². The minimum atomic E-state index is -0.390. The van der Waals surface area contributed by atoms with Crippen molar-refractivity contribution in [2.24, 2.45) is 0 Å². The fraction of sp³-hybridized carbons (Fsp3) is 0. The summed E-state index contributed by atoms with van der Waals surface area (Å²) in [5.41, 5.74) is 0.467. The van der Waals surface area contributed by atoms with Crippen molar-refractivity contribution in [2.75, 3.05) is 0 Å². The molecular formula is C7H4FN3O.